The maximum atomic E-state index is 12.4. The summed E-state index contributed by atoms with van der Waals surface area (Å²) >= 11 is 12.1. The van der Waals surface area contributed by atoms with E-state index in [1.165, 1.54) is 22.8 Å². The number of carbonyl (C=O) groups excluding carboxylic acids is 1. The van der Waals surface area contributed by atoms with Crippen LogP contribution >= 0.6 is 23.2 Å². The van der Waals surface area contributed by atoms with Gasteiger partial charge in [0.2, 0.25) is 15.9 Å². The zero-order valence-corrected chi connectivity index (χ0v) is 17.7. The number of rotatable bonds is 5. The normalized spacial score (nSPS) is 12.0. The van der Waals surface area contributed by atoms with E-state index in [0.29, 0.717) is 10.9 Å². The standard InChI is InChI=1S/C18H16Cl2N4O4S/c1-23-13-8-4-3-6-11(13)17(18(23)26)22-21-15(25)10-24(29(2,27)28)14-9-5-7-12(19)16(14)20/h3-9,26H,10H2,1-2H3. The van der Waals surface area contributed by atoms with Crippen molar-refractivity contribution >= 4 is 61.4 Å². The highest BCUT2D eigenvalue weighted by molar-refractivity contribution is 7.92. The van der Waals surface area contributed by atoms with Crippen LogP contribution in [-0.2, 0) is 21.9 Å². The van der Waals surface area contributed by atoms with Crippen molar-refractivity contribution in [2.75, 3.05) is 17.1 Å². The van der Waals surface area contributed by atoms with Crippen molar-refractivity contribution in [1.82, 2.24) is 4.57 Å². The molecule has 152 valence electrons. The van der Waals surface area contributed by atoms with Crippen molar-refractivity contribution in [3.63, 3.8) is 0 Å². The van der Waals surface area contributed by atoms with Gasteiger partial charge in [-0.2, -0.15) is 0 Å². The number of fused-ring (bicyclic) bond motifs is 1. The van der Waals surface area contributed by atoms with E-state index in [1.807, 2.05) is 0 Å². The van der Waals surface area contributed by atoms with Gasteiger partial charge in [-0.05, 0) is 18.2 Å². The van der Waals surface area contributed by atoms with Crippen LogP contribution in [0.4, 0.5) is 11.4 Å². The smallest absolute Gasteiger partial charge is 0.285 e. The van der Waals surface area contributed by atoms with Crippen LogP contribution in [0.3, 0.4) is 0 Å². The lowest BCUT2D eigenvalue weighted by Crippen LogP contribution is -2.34. The van der Waals surface area contributed by atoms with Crippen LogP contribution < -0.4 is 4.31 Å². The van der Waals surface area contributed by atoms with Crippen molar-refractivity contribution in [2.45, 2.75) is 0 Å². The number of hydrogen-bond acceptors (Lipinski definition) is 5. The van der Waals surface area contributed by atoms with Crippen molar-refractivity contribution in [1.29, 1.82) is 0 Å². The highest BCUT2D eigenvalue weighted by Crippen LogP contribution is 2.38. The number of azo groups is 1. The van der Waals surface area contributed by atoms with E-state index in [2.05, 4.69) is 10.2 Å². The Bertz CT molecular complexity index is 1240. The molecule has 1 heterocycles. The molecule has 0 aliphatic heterocycles. The number of carbonyl (C=O) groups is 1. The average Bonchev–Trinajstić information content (AvgIpc) is 2.91. The number of nitrogens with zero attached hydrogens (tertiary/aromatic N) is 4. The Morgan fingerprint density at radius 2 is 1.86 bits per heavy atom. The summed E-state index contributed by atoms with van der Waals surface area (Å²) in [5.74, 6) is -1.01. The second-order valence-electron chi connectivity index (χ2n) is 6.18. The predicted octanol–water partition coefficient (Wildman–Crippen LogP) is 4.27. The second kappa shape index (κ2) is 8.02. The summed E-state index contributed by atoms with van der Waals surface area (Å²) in [6.07, 6.45) is 0.936. The molecule has 0 saturated carbocycles. The van der Waals surface area contributed by atoms with Crippen molar-refractivity contribution < 1.29 is 18.3 Å². The lowest BCUT2D eigenvalue weighted by Gasteiger charge is -2.21. The van der Waals surface area contributed by atoms with Crippen LogP contribution in [0.15, 0.2) is 52.7 Å². The van der Waals surface area contributed by atoms with Gasteiger partial charge in [0.25, 0.3) is 5.91 Å². The fourth-order valence-electron chi connectivity index (χ4n) is 2.78. The number of para-hydroxylation sites is 1. The third kappa shape index (κ3) is 4.21. The number of hydrogen-bond donors (Lipinski definition) is 1. The molecule has 0 radical (unpaired) electrons. The van der Waals surface area contributed by atoms with Crippen LogP contribution in [0, 0.1) is 0 Å². The third-order valence-corrected chi connectivity index (χ3v) is 6.13. The monoisotopic (exact) mass is 454 g/mol. The minimum atomic E-state index is -3.86. The molecular weight excluding hydrogens is 439 g/mol. The molecule has 0 saturated heterocycles. The maximum absolute atomic E-state index is 12.4. The number of anilines is 1. The summed E-state index contributed by atoms with van der Waals surface area (Å²) in [4.78, 5) is 12.4. The summed E-state index contributed by atoms with van der Waals surface area (Å²) in [5.41, 5.74) is 0.872. The summed E-state index contributed by atoms with van der Waals surface area (Å²) in [6, 6.07) is 11.5. The Morgan fingerprint density at radius 1 is 1.17 bits per heavy atom. The summed E-state index contributed by atoms with van der Waals surface area (Å²) in [5, 5.41) is 18.4. The molecule has 3 aromatic rings. The fourth-order valence-corrected chi connectivity index (χ4v) is 4.09. The summed E-state index contributed by atoms with van der Waals surface area (Å²) in [6.45, 7) is -0.631. The summed E-state index contributed by atoms with van der Waals surface area (Å²) in [7, 11) is -2.22. The Balaban J connectivity index is 1.93. The molecule has 0 fully saturated rings. The third-order valence-electron chi connectivity index (χ3n) is 4.19. The molecule has 8 nitrogen and oxygen atoms in total. The van der Waals surface area contributed by atoms with Crippen LogP contribution in [0.5, 0.6) is 5.88 Å². The number of aromatic hydroxyl groups is 1. The number of sulfonamides is 1. The quantitative estimate of drug-likeness (QED) is 0.581. The number of aromatic nitrogens is 1. The molecule has 0 aliphatic carbocycles. The highest BCUT2D eigenvalue weighted by Gasteiger charge is 2.24. The first-order chi connectivity index (χ1) is 13.6. The zero-order valence-electron chi connectivity index (χ0n) is 15.4. The van der Waals surface area contributed by atoms with Gasteiger partial charge < -0.3 is 9.67 Å². The van der Waals surface area contributed by atoms with Gasteiger partial charge in [-0.3, -0.25) is 9.10 Å². The number of aryl methyl sites for hydroxylation is 1. The van der Waals surface area contributed by atoms with Crippen molar-refractivity contribution in [2.24, 2.45) is 17.3 Å². The van der Waals surface area contributed by atoms with Gasteiger partial charge in [0.1, 0.15) is 6.54 Å². The van der Waals surface area contributed by atoms with Crippen LogP contribution in [0.1, 0.15) is 0 Å². The molecule has 1 N–H and O–H groups in total. The number of benzene rings is 2. The molecule has 29 heavy (non-hydrogen) atoms. The van der Waals surface area contributed by atoms with E-state index in [-0.39, 0.29) is 27.3 Å². The van der Waals surface area contributed by atoms with Gasteiger partial charge in [-0.1, -0.05) is 47.5 Å². The number of amides is 1. The van der Waals surface area contributed by atoms with Gasteiger partial charge in [0, 0.05) is 12.4 Å². The van der Waals surface area contributed by atoms with E-state index in [0.717, 1.165) is 10.6 Å². The van der Waals surface area contributed by atoms with E-state index in [1.54, 1.807) is 31.3 Å². The average molecular weight is 455 g/mol. The van der Waals surface area contributed by atoms with E-state index < -0.39 is 22.5 Å². The van der Waals surface area contributed by atoms with Crippen LogP contribution in [0.25, 0.3) is 10.9 Å². The van der Waals surface area contributed by atoms with Crippen LogP contribution in [-0.4, -0.2) is 36.8 Å². The lowest BCUT2D eigenvalue weighted by atomic mass is 10.2. The Hall–Kier alpha value is -2.62. The molecule has 0 aliphatic rings. The highest BCUT2D eigenvalue weighted by atomic mass is 35.5. The minimum Gasteiger partial charge on any atom is -0.493 e. The van der Waals surface area contributed by atoms with Gasteiger partial charge in [-0.25, -0.2) is 8.42 Å². The maximum Gasteiger partial charge on any atom is 0.285 e. The molecule has 11 heteroatoms. The van der Waals surface area contributed by atoms with E-state index in [4.69, 9.17) is 23.2 Å². The van der Waals surface area contributed by atoms with Crippen molar-refractivity contribution in [3.05, 3.63) is 52.5 Å². The molecule has 2 aromatic carbocycles. The molecule has 1 aromatic heterocycles. The zero-order chi connectivity index (χ0) is 21.3. The molecule has 1 amide bonds. The van der Waals surface area contributed by atoms with Crippen LogP contribution in [0.2, 0.25) is 10.0 Å². The predicted molar refractivity (Wildman–Crippen MR) is 113 cm³/mol. The Labute approximate surface area is 177 Å². The molecule has 0 unspecified atom stereocenters. The molecule has 0 spiro atoms. The Morgan fingerprint density at radius 3 is 2.55 bits per heavy atom. The molecule has 3 rings (SSSR count). The van der Waals surface area contributed by atoms with Gasteiger partial charge in [0.05, 0.1) is 27.5 Å². The summed E-state index contributed by atoms with van der Waals surface area (Å²) < 4.78 is 26.7. The van der Waals surface area contributed by atoms with E-state index >= 15 is 0 Å². The lowest BCUT2D eigenvalue weighted by molar-refractivity contribution is -0.116. The second-order valence-corrected chi connectivity index (χ2v) is 8.88. The molecule has 0 bridgehead atoms. The van der Waals surface area contributed by atoms with Gasteiger partial charge in [0.15, 0.2) is 5.69 Å². The molecular formula is C18H16Cl2N4O4S. The minimum absolute atomic E-state index is 0.00368. The number of halogens is 2. The van der Waals surface area contributed by atoms with Crippen molar-refractivity contribution in [3.8, 4) is 5.88 Å². The SMILES string of the molecule is Cn1c(O)c(N=NC(=O)CN(c2cccc(Cl)c2Cl)S(C)(=O)=O)c2ccccc21. The topological polar surface area (TPSA) is 104 Å². The van der Waals surface area contributed by atoms with Gasteiger partial charge in [-0.15, -0.1) is 10.2 Å². The largest absolute Gasteiger partial charge is 0.493 e. The van der Waals surface area contributed by atoms with E-state index in [9.17, 15) is 18.3 Å². The fraction of sp³-hybridized carbons (Fsp3) is 0.167. The van der Waals surface area contributed by atoms with Gasteiger partial charge >= 0.3 is 0 Å². The Kier molecular flexibility index (Phi) is 5.83. The molecule has 0 atom stereocenters. The first-order valence-corrected chi connectivity index (χ1v) is 10.8. The first kappa shape index (κ1) is 21.1. The first-order valence-electron chi connectivity index (χ1n) is 8.24.